The van der Waals surface area contributed by atoms with Crippen molar-refractivity contribution in [2.75, 3.05) is 30.0 Å². The molecule has 0 bridgehead atoms. The second-order valence-electron chi connectivity index (χ2n) is 7.07. The van der Waals surface area contributed by atoms with Gasteiger partial charge in [-0.3, -0.25) is 0 Å². The van der Waals surface area contributed by atoms with E-state index in [1.165, 1.54) is 0 Å². The molecule has 0 saturated carbocycles. The molecule has 1 spiro atoms. The van der Waals surface area contributed by atoms with Gasteiger partial charge in [0.15, 0.2) is 9.84 Å². The first-order valence-electron chi connectivity index (χ1n) is 8.96. The summed E-state index contributed by atoms with van der Waals surface area (Å²) >= 11 is 0. The molecule has 144 valence electrons. The van der Waals surface area contributed by atoms with E-state index in [1.54, 1.807) is 0 Å². The smallest absolute Gasteiger partial charge is 0.319 e. The largest absolute Gasteiger partial charge is 0.494 e. The van der Waals surface area contributed by atoms with Crippen LogP contribution in [0.2, 0.25) is 0 Å². The van der Waals surface area contributed by atoms with E-state index in [4.69, 9.17) is 9.47 Å². The number of amides is 2. The molecule has 3 rings (SSSR count). The topological polar surface area (TPSA) is 93.7 Å². The molecular formula is C18H26N2O5S. The molecule has 8 heteroatoms. The average Bonchev–Trinajstić information content (AvgIpc) is 2.84. The van der Waals surface area contributed by atoms with Crippen molar-refractivity contribution >= 4 is 21.6 Å². The highest BCUT2D eigenvalue weighted by Gasteiger charge is 2.46. The number of hydrogen-bond donors (Lipinski definition) is 2. The molecule has 2 N–H and O–H groups in total. The summed E-state index contributed by atoms with van der Waals surface area (Å²) < 4.78 is 34.8. The van der Waals surface area contributed by atoms with Crippen molar-refractivity contribution in [3.63, 3.8) is 0 Å². The van der Waals surface area contributed by atoms with E-state index < -0.39 is 15.4 Å². The van der Waals surface area contributed by atoms with Gasteiger partial charge < -0.3 is 20.1 Å². The Balaban J connectivity index is 1.58. The number of urea groups is 1. The summed E-state index contributed by atoms with van der Waals surface area (Å²) in [7, 11) is -3.03. The number of nitrogens with one attached hydrogen (secondary N) is 2. The first-order chi connectivity index (χ1) is 12.3. The van der Waals surface area contributed by atoms with Gasteiger partial charge in [-0.1, -0.05) is 0 Å². The van der Waals surface area contributed by atoms with Crippen molar-refractivity contribution < 1.29 is 22.7 Å². The van der Waals surface area contributed by atoms with Gasteiger partial charge in [0.2, 0.25) is 0 Å². The lowest BCUT2D eigenvalue weighted by atomic mass is 9.90. The third kappa shape index (κ3) is 4.48. The first-order valence-corrected chi connectivity index (χ1v) is 10.8. The van der Waals surface area contributed by atoms with Gasteiger partial charge in [0.1, 0.15) is 5.75 Å². The highest BCUT2D eigenvalue weighted by Crippen LogP contribution is 2.35. The second kappa shape index (κ2) is 7.44. The molecule has 1 aromatic carbocycles. The molecule has 2 aliphatic heterocycles. The summed E-state index contributed by atoms with van der Waals surface area (Å²) in [6.07, 6.45) is 1.71. The number of rotatable bonds is 4. The van der Waals surface area contributed by atoms with Gasteiger partial charge in [-0.15, -0.1) is 0 Å². The number of carbonyl (C=O) groups excluding carboxylic acids is 1. The third-order valence-electron chi connectivity index (χ3n) is 4.94. The monoisotopic (exact) mass is 382 g/mol. The minimum atomic E-state index is -3.03. The second-order valence-corrected chi connectivity index (χ2v) is 9.26. The molecule has 0 radical (unpaired) electrons. The van der Waals surface area contributed by atoms with Crippen molar-refractivity contribution in [1.82, 2.24) is 5.32 Å². The minimum absolute atomic E-state index is 0.0534. The Morgan fingerprint density at radius 1 is 1.42 bits per heavy atom. The Kier molecular flexibility index (Phi) is 5.43. The summed E-state index contributed by atoms with van der Waals surface area (Å²) in [6.45, 7) is 4.88. The van der Waals surface area contributed by atoms with Gasteiger partial charge in [0.05, 0.1) is 23.7 Å². The predicted molar refractivity (Wildman–Crippen MR) is 99.5 cm³/mol. The molecule has 2 aliphatic rings. The zero-order chi connectivity index (χ0) is 18.8. The SMILES string of the molecule is CCOc1ccc(NC(=O)N[C@H]2CCO[C@]3(CCS(=O)(=O)C3)C2)c(C)c1. The lowest BCUT2D eigenvalue weighted by Gasteiger charge is -2.37. The van der Waals surface area contributed by atoms with Gasteiger partial charge in [0.25, 0.3) is 0 Å². The Hall–Kier alpha value is -1.80. The molecule has 26 heavy (non-hydrogen) atoms. The van der Waals surface area contributed by atoms with Crippen molar-refractivity contribution in [3.05, 3.63) is 23.8 Å². The number of ether oxygens (including phenoxy) is 2. The number of anilines is 1. The zero-order valence-corrected chi connectivity index (χ0v) is 16.0. The highest BCUT2D eigenvalue weighted by atomic mass is 32.2. The number of sulfone groups is 1. The van der Waals surface area contributed by atoms with Crippen molar-refractivity contribution in [1.29, 1.82) is 0 Å². The van der Waals surface area contributed by atoms with E-state index in [0.29, 0.717) is 32.5 Å². The fraction of sp³-hybridized carbons (Fsp3) is 0.611. The Morgan fingerprint density at radius 2 is 2.23 bits per heavy atom. The van der Waals surface area contributed by atoms with Gasteiger partial charge >= 0.3 is 6.03 Å². The molecule has 1 aromatic rings. The van der Waals surface area contributed by atoms with Crippen LogP contribution in [-0.2, 0) is 14.6 Å². The van der Waals surface area contributed by atoms with E-state index in [1.807, 2.05) is 32.0 Å². The quantitative estimate of drug-likeness (QED) is 0.833. The lowest BCUT2D eigenvalue weighted by Crippen LogP contribution is -2.50. The zero-order valence-electron chi connectivity index (χ0n) is 15.2. The molecule has 2 saturated heterocycles. The Labute approximate surface area is 154 Å². The molecule has 0 unspecified atom stereocenters. The first kappa shape index (κ1) is 19.0. The van der Waals surface area contributed by atoms with Crippen LogP contribution < -0.4 is 15.4 Å². The standard InChI is InChI=1S/C18H26N2O5S/c1-3-24-15-4-5-16(13(2)10-15)20-17(21)19-14-6-8-25-18(11-14)7-9-26(22,23)12-18/h4-5,10,14H,3,6-9,11-12H2,1-2H3,(H2,19,20,21)/t14-,18+/m0/s1. The summed E-state index contributed by atoms with van der Waals surface area (Å²) in [5, 5.41) is 5.81. The van der Waals surface area contributed by atoms with Crippen LogP contribution in [0, 0.1) is 6.92 Å². The van der Waals surface area contributed by atoms with Crippen LogP contribution in [0.15, 0.2) is 18.2 Å². The maximum absolute atomic E-state index is 12.4. The number of hydrogen-bond acceptors (Lipinski definition) is 5. The molecule has 2 fully saturated rings. The highest BCUT2D eigenvalue weighted by molar-refractivity contribution is 7.91. The van der Waals surface area contributed by atoms with Gasteiger partial charge in [-0.25, -0.2) is 13.2 Å². The predicted octanol–water partition coefficient (Wildman–Crippen LogP) is 2.25. The van der Waals surface area contributed by atoms with Crippen LogP contribution in [-0.4, -0.2) is 50.8 Å². The van der Waals surface area contributed by atoms with Crippen LogP contribution >= 0.6 is 0 Å². The van der Waals surface area contributed by atoms with Crippen molar-refractivity contribution in [3.8, 4) is 5.75 Å². The molecule has 0 aromatic heterocycles. The lowest BCUT2D eigenvalue weighted by molar-refractivity contribution is -0.0685. The van der Waals surface area contributed by atoms with Crippen LogP contribution in [0.4, 0.5) is 10.5 Å². The number of benzene rings is 1. The summed E-state index contributed by atoms with van der Waals surface area (Å²) in [5.74, 6) is 0.986. The van der Waals surface area contributed by atoms with E-state index in [2.05, 4.69) is 10.6 Å². The van der Waals surface area contributed by atoms with Crippen molar-refractivity contribution in [2.24, 2.45) is 0 Å². The Morgan fingerprint density at radius 3 is 2.88 bits per heavy atom. The van der Waals surface area contributed by atoms with Crippen LogP contribution in [0.25, 0.3) is 0 Å². The van der Waals surface area contributed by atoms with Crippen LogP contribution in [0.3, 0.4) is 0 Å². The molecule has 2 amide bonds. The van der Waals surface area contributed by atoms with E-state index in [-0.39, 0.29) is 23.6 Å². The normalized spacial score (nSPS) is 27.2. The number of carbonyl (C=O) groups is 1. The summed E-state index contributed by atoms with van der Waals surface area (Å²) in [6, 6.07) is 5.13. The molecule has 2 heterocycles. The summed E-state index contributed by atoms with van der Waals surface area (Å²) in [5.41, 5.74) is 0.997. The van der Waals surface area contributed by atoms with Gasteiger partial charge in [0, 0.05) is 18.3 Å². The van der Waals surface area contributed by atoms with Crippen molar-refractivity contribution in [2.45, 2.75) is 44.8 Å². The van der Waals surface area contributed by atoms with E-state index in [0.717, 1.165) is 17.0 Å². The van der Waals surface area contributed by atoms with Gasteiger partial charge in [-0.2, -0.15) is 0 Å². The van der Waals surface area contributed by atoms with Crippen LogP contribution in [0.5, 0.6) is 5.75 Å². The van der Waals surface area contributed by atoms with Gasteiger partial charge in [-0.05, 0) is 56.9 Å². The summed E-state index contributed by atoms with van der Waals surface area (Å²) in [4.78, 5) is 12.4. The fourth-order valence-corrected chi connectivity index (χ4v) is 5.66. The molecule has 0 aliphatic carbocycles. The maximum Gasteiger partial charge on any atom is 0.319 e. The minimum Gasteiger partial charge on any atom is -0.494 e. The van der Waals surface area contributed by atoms with E-state index >= 15 is 0 Å². The Bertz CT molecular complexity index is 780. The number of aryl methyl sites for hydroxylation is 1. The molecule has 2 atom stereocenters. The molecule has 7 nitrogen and oxygen atoms in total. The fourth-order valence-electron chi connectivity index (χ4n) is 3.69. The average molecular weight is 382 g/mol. The maximum atomic E-state index is 12.4. The molecular weight excluding hydrogens is 356 g/mol. The van der Waals surface area contributed by atoms with Crippen LogP contribution in [0.1, 0.15) is 31.7 Å². The van der Waals surface area contributed by atoms with E-state index in [9.17, 15) is 13.2 Å². The third-order valence-corrected chi connectivity index (χ3v) is 6.73.